The van der Waals surface area contributed by atoms with Crippen molar-refractivity contribution in [1.82, 2.24) is 14.3 Å². The van der Waals surface area contributed by atoms with Gasteiger partial charge in [0.05, 0.1) is 18.1 Å². The number of anilines is 1. The molecule has 4 rings (SSSR count). The second-order valence-corrected chi connectivity index (χ2v) is 8.03. The van der Waals surface area contributed by atoms with Crippen LogP contribution in [0.4, 0.5) is 5.95 Å². The summed E-state index contributed by atoms with van der Waals surface area (Å²) in [5.41, 5.74) is 1.89. The van der Waals surface area contributed by atoms with E-state index >= 15 is 0 Å². The number of piperazine rings is 1. The molecule has 1 saturated heterocycles. The largest absolute Gasteiger partial charge is 0.495 e. The van der Waals surface area contributed by atoms with E-state index in [-0.39, 0.29) is 4.90 Å². The van der Waals surface area contributed by atoms with Crippen LogP contribution in [0.2, 0.25) is 0 Å². The number of para-hydroxylation sites is 3. The SMILES string of the molecule is COc1ccccc1S(=O)(=O)N1CCN(c2nc3ccccc3[nH]2)CC1. The third kappa shape index (κ3) is 2.91. The van der Waals surface area contributed by atoms with Crippen molar-refractivity contribution in [3.8, 4) is 5.75 Å². The van der Waals surface area contributed by atoms with Gasteiger partial charge in [-0.1, -0.05) is 24.3 Å². The number of rotatable bonds is 4. The van der Waals surface area contributed by atoms with Crippen LogP contribution in [0.3, 0.4) is 0 Å². The number of imidazole rings is 1. The standard InChI is InChI=1S/C18H20N4O3S/c1-25-16-8-4-5-9-17(16)26(23,24)22-12-10-21(11-13-22)18-19-14-6-2-3-7-15(14)20-18/h2-9H,10-13H2,1H3,(H,19,20). The number of ether oxygens (including phenoxy) is 1. The van der Waals surface area contributed by atoms with Crippen LogP contribution in [0.25, 0.3) is 11.0 Å². The summed E-state index contributed by atoms with van der Waals surface area (Å²) in [7, 11) is -2.10. The molecule has 0 aliphatic carbocycles. The number of nitrogens with one attached hydrogen (secondary N) is 1. The summed E-state index contributed by atoms with van der Waals surface area (Å²) in [4.78, 5) is 10.2. The minimum absolute atomic E-state index is 0.208. The van der Waals surface area contributed by atoms with Crippen molar-refractivity contribution >= 4 is 27.0 Å². The number of fused-ring (bicyclic) bond motifs is 1. The second-order valence-electron chi connectivity index (χ2n) is 6.12. The molecule has 3 aromatic rings. The molecule has 136 valence electrons. The summed E-state index contributed by atoms with van der Waals surface area (Å²) in [5.74, 6) is 1.15. The number of sulfonamides is 1. The molecule has 0 saturated carbocycles. The molecule has 26 heavy (non-hydrogen) atoms. The molecule has 1 N–H and O–H groups in total. The fraction of sp³-hybridized carbons (Fsp3) is 0.278. The van der Waals surface area contributed by atoms with Crippen molar-refractivity contribution < 1.29 is 13.2 Å². The topological polar surface area (TPSA) is 78.5 Å². The van der Waals surface area contributed by atoms with Crippen molar-refractivity contribution in [2.24, 2.45) is 0 Å². The first-order chi connectivity index (χ1) is 12.6. The van der Waals surface area contributed by atoms with E-state index in [4.69, 9.17) is 4.74 Å². The van der Waals surface area contributed by atoms with Gasteiger partial charge in [-0.3, -0.25) is 0 Å². The van der Waals surface area contributed by atoms with E-state index in [9.17, 15) is 8.42 Å². The lowest BCUT2D eigenvalue weighted by Gasteiger charge is -2.34. The average molecular weight is 372 g/mol. The number of aromatic nitrogens is 2. The minimum atomic E-state index is -3.58. The second kappa shape index (κ2) is 6.62. The van der Waals surface area contributed by atoms with Crippen molar-refractivity contribution in [3.05, 3.63) is 48.5 Å². The van der Waals surface area contributed by atoms with E-state index in [2.05, 4.69) is 14.9 Å². The Labute approximate surface area is 152 Å². The highest BCUT2D eigenvalue weighted by molar-refractivity contribution is 7.89. The van der Waals surface area contributed by atoms with Crippen LogP contribution in [0.15, 0.2) is 53.4 Å². The third-order valence-electron chi connectivity index (χ3n) is 4.60. The molecule has 1 aliphatic heterocycles. The van der Waals surface area contributed by atoms with Gasteiger partial charge in [-0.05, 0) is 24.3 Å². The highest BCUT2D eigenvalue weighted by Crippen LogP contribution is 2.27. The molecule has 0 atom stereocenters. The first kappa shape index (κ1) is 16.9. The molecular weight excluding hydrogens is 352 g/mol. The lowest BCUT2D eigenvalue weighted by Crippen LogP contribution is -2.49. The van der Waals surface area contributed by atoms with Crippen LogP contribution < -0.4 is 9.64 Å². The summed E-state index contributed by atoms with van der Waals surface area (Å²) in [6, 6.07) is 14.6. The van der Waals surface area contributed by atoms with Crippen LogP contribution in [-0.2, 0) is 10.0 Å². The molecular formula is C18H20N4O3S. The van der Waals surface area contributed by atoms with Crippen LogP contribution in [0.5, 0.6) is 5.75 Å². The van der Waals surface area contributed by atoms with E-state index in [1.807, 2.05) is 24.3 Å². The highest BCUT2D eigenvalue weighted by atomic mass is 32.2. The Morgan fingerprint density at radius 1 is 1.00 bits per heavy atom. The van der Waals surface area contributed by atoms with E-state index in [0.29, 0.717) is 31.9 Å². The maximum Gasteiger partial charge on any atom is 0.246 e. The zero-order valence-corrected chi connectivity index (χ0v) is 15.2. The van der Waals surface area contributed by atoms with Crippen LogP contribution in [0, 0.1) is 0 Å². The van der Waals surface area contributed by atoms with Gasteiger partial charge in [-0.2, -0.15) is 4.31 Å². The molecule has 1 aliphatic rings. The van der Waals surface area contributed by atoms with Gasteiger partial charge in [-0.25, -0.2) is 13.4 Å². The van der Waals surface area contributed by atoms with Crippen molar-refractivity contribution in [3.63, 3.8) is 0 Å². The average Bonchev–Trinajstić information content (AvgIpc) is 3.12. The zero-order chi connectivity index (χ0) is 18.1. The molecule has 0 spiro atoms. The molecule has 2 aromatic carbocycles. The van der Waals surface area contributed by atoms with Gasteiger partial charge in [0.25, 0.3) is 0 Å². The summed E-state index contributed by atoms with van der Waals surface area (Å²) in [5, 5.41) is 0. The summed E-state index contributed by atoms with van der Waals surface area (Å²) in [6.45, 7) is 1.96. The van der Waals surface area contributed by atoms with Gasteiger partial charge < -0.3 is 14.6 Å². The van der Waals surface area contributed by atoms with Crippen molar-refractivity contribution in [1.29, 1.82) is 0 Å². The Bertz CT molecular complexity index is 991. The summed E-state index contributed by atoms with van der Waals surface area (Å²) >= 11 is 0. The van der Waals surface area contributed by atoms with Gasteiger partial charge in [0, 0.05) is 26.2 Å². The smallest absolute Gasteiger partial charge is 0.246 e. The summed E-state index contributed by atoms with van der Waals surface area (Å²) < 4.78 is 32.6. The van der Waals surface area contributed by atoms with Gasteiger partial charge >= 0.3 is 0 Å². The van der Waals surface area contributed by atoms with Crippen LogP contribution in [-0.4, -0.2) is 56.0 Å². The monoisotopic (exact) mass is 372 g/mol. The maximum absolute atomic E-state index is 13.0. The van der Waals surface area contributed by atoms with E-state index in [1.54, 1.807) is 24.3 Å². The van der Waals surface area contributed by atoms with Crippen molar-refractivity contribution in [2.75, 3.05) is 38.2 Å². The van der Waals surface area contributed by atoms with Crippen molar-refractivity contribution in [2.45, 2.75) is 4.90 Å². The van der Waals surface area contributed by atoms with Crippen LogP contribution >= 0.6 is 0 Å². The quantitative estimate of drug-likeness (QED) is 0.759. The third-order valence-corrected chi connectivity index (χ3v) is 6.54. The molecule has 0 bridgehead atoms. The molecule has 1 aromatic heterocycles. The van der Waals surface area contributed by atoms with E-state index < -0.39 is 10.0 Å². The first-order valence-corrected chi connectivity index (χ1v) is 9.86. The number of benzene rings is 2. The predicted molar refractivity (Wildman–Crippen MR) is 100 cm³/mol. The normalized spacial score (nSPS) is 16.1. The predicted octanol–water partition coefficient (Wildman–Crippen LogP) is 2.08. The molecule has 2 heterocycles. The summed E-state index contributed by atoms with van der Waals surface area (Å²) in [6.07, 6.45) is 0. The fourth-order valence-corrected chi connectivity index (χ4v) is 4.78. The number of hydrogen-bond acceptors (Lipinski definition) is 5. The van der Waals surface area contributed by atoms with Crippen LogP contribution in [0.1, 0.15) is 0 Å². The molecule has 0 amide bonds. The lowest BCUT2D eigenvalue weighted by atomic mass is 10.3. The molecule has 0 unspecified atom stereocenters. The van der Waals surface area contributed by atoms with Gasteiger partial charge in [0.15, 0.2) is 0 Å². The highest BCUT2D eigenvalue weighted by Gasteiger charge is 2.31. The van der Waals surface area contributed by atoms with Gasteiger partial charge in [0.2, 0.25) is 16.0 Å². The van der Waals surface area contributed by atoms with Gasteiger partial charge in [-0.15, -0.1) is 0 Å². The number of aromatic amines is 1. The number of methoxy groups -OCH3 is 1. The Morgan fingerprint density at radius 2 is 1.69 bits per heavy atom. The zero-order valence-electron chi connectivity index (χ0n) is 14.4. The van der Waals surface area contributed by atoms with E-state index in [1.165, 1.54) is 11.4 Å². The van der Waals surface area contributed by atoms with E-state index in [0.717, 1.165) is 17.0 Å². The molecule has 1 fully saturated rings. The number of H-pyrrole nitrogens is 1. The maximum atomic E-state index is 13.0. The Morgan fingerprint density at radius 3 is 2.42 bits per heavy atom. The Hall–Kier alpha value is -2.58. The molecule has 7 nitrogen and oxygen atoms in total. The van der Waals surface area contributed by atoms with Gasteiger partial charge in [0.1, 0.15) is 10.6 Å². The Kier molecular flexibility index (Phi) is 4.29. The first-order valence-electron chi connectivity index (χ1n) is 8.42. The fourth-order valence-electron chi connectivity index (χ4n) is 3.20. The number of nitrogens with zero attached hydrogens (tertiary/aromatic N) is 3. The minimum Gasteiger partial charge on any atom is -0.495 e. The molecule has 0 radical (unpaired) electrons. The Balaban J connectivity index is 1.52. The number of hydrogen-bond donors (Lipinski definition) is 1. The lowest BCUT2D eigenvalue weighted by molar-refractivity contribution is 0.373. The molecule has 8 heteroatoms.